The molecule has 0 aliphatic rings. The Hall–Kier alpha value is -4.49. The molecule has 1 amide bonds. The Morgan fingerprint density at radius 3 is 2.35 bits per heavy atom. The molecule has 1 N–H and O–H groups in total. The lowest BCUT2D eigenvalue weighted by Crippen LogP contribution is -2.24. The maximum Gasteiger partial charge on any atom is 0.266 e. The van der Waals surface area contributed by atoms with Crippen LogP contribution in [0.25, 0.3) is 27.7 Å². The molecule has 0 radical (unpaired) electrons. The van der Waals surface area contributed by atoms with E-state index in [2.05, 4.69) is 22.7 Å². The van der Waals surface area contributed by atoms with Crippen LogP contribution in [0.4, 0.5) is 0 Å². The molecule has 0 aliphatic carbocycles. The number of hydrogen-bond acceptors (Lipinski definition) is 5. The van der Waals surface area contributed by atoms with E-state index in [1.54, 1.807) is 22.9 Å². The molecule has 0 atom stereocenters. The summed E-state index contributed by atoms with van der Waals surface area (Å²) in [7, 11) is 0. The van der Waals surface area contributed by atoms with Crippen molar-refractivity contribution in [3.63, 3.8) is 0 Å². The van der Waals surface area contributed by atoms with Gasteiger partial charge in [-0.2, -0.15) is 5.10 Å². The van der Waals surface area contributed by atoms with E-state index in [0.717, 1.165) is 27.9 Å². The number of carbonyl (C=O) groups excluding carboxylic acids is 1. The maximum atomic E-state index is 13.4. The number of rotatable bonds is 7. The fourth-order valence-corrected chi connectivity index (χ4v) is 4.77. The SMILES string of the molecule is Cc1ccccc1-n1c(SCC(=O)N/N=C\c2ccc(-c3ccccc3)cc2)nc2ccccc2c1=O. The van der Waals surface area contributed by atoms with E-state index in [1.807, 2.05) is 85.8 Å². The van der Waals surface area contributed by atoms with Crippen molar-refractivity contribution < 1.29 is 4.79 Å². The average Bonchev–Trinajstić information content (AvgIpc) is 2.93. The summed E-state index contributed by atoms with van der Waals surface area (Å²) in [5, 5.41) is 5.07. The number of aryl methyl sites for hydroxylation is 1. The summed E-state index contributed by atoms with van der Waals surface area (Å²) >= 11 is 1.20. The van der Waals surface area contributed by atoms with Gasteiger partial charge in [-0.1, -0.05) is 96.7 Å². The molecule has 1 aromatic heterocycles. The quantitative estimate of drug-likeness (QED) is 0.135. The van der Waals surface area contributed by atoms with Crippen molar-refractivity contribution in [3.8, 4) is 16.8 Å². The molecule has 182 valence electrons. The van der Waals surface area contributed by atoms with Gasteiger partial charge >= 0.3 is 0 Å². The Labute approximate surface area is 218 Å². The zero-order chi connectivity index (χ0) is 25.6. The summed E-state index contributed by atoms with van der Waals surface area (Å²) in [4.78, 5) is 30.6. The van der Waals surface area contributed by atoms with Crippen molar-refractivity contribution in [2.24, 2.45) is 5.10 Å². The zero-order valence-corrected chi connectivity index (χ0v) is 21.0. The van der Waals surface area contributed by atoms with Gasteiger partial charge in [-0.05, 0) is 47.4 Å². The van der Waals surface area contributed by atoms with Crippen molar-refractivity contribution in [1.29, 1.82) is 0 Å². The molecule has 1 heterocycles. The molecule has 6 nitrogen and oxygen atoms in total. The van der Waals surface area contributed by atoms with E-state index in [-0.39, 0.29) is 17.2 Å². The van der Waals surface area contributed by atoms with Crippen LogP contribution in [0.1, 0.15) is 11.1 Å². The highest BCUT2D eigenvalue weighted by molar-refractivity contribution is 7.99. The fraction of sp³-hybridized carbons (Fsp3) is 0.0667. The number of nitrogens with zero attached hydrogens (tertiary/aromatic N) is 3. The number of aromatic nitrogens is 2. The van der Waals surface area contributed by atoms with Gasteiger partial charge in [-0.15, -0.1) is 0 Å². The van der Waals surface area contributed by atoms with E-state index in [1.165, 1.54) is 11.8 Å². The number of amides is 1. The summed E-state index contributed by atoms with van der Waals surface area (Å²) in [6.45, 7) is 1.94. The first kappa shape index (κ1) is 24.2. The van der Waals surface area contributed by atoms with E-state index in [9.17, 15) is 9.59 Å². The lowest BCUT2D eigenvalue weighted by atomic mass is 10.0. The lowest BCUT2D eigenvalue weighted by molar-refractivity contribution is -0.118. The van der Waals surface area contributed by atoms with E-state index < -0.39 is 0 Å². The minimum atomic E-state index is -0.291. The predicted molar refractivity (Wildman–Crippen MR) is 150 cm³/mol. The van der Waals surface area contributed by atoms with Gasteiger partial charge in [0.1, 0.15) is 0 Å². The van der Waals surface area contributed by atoms with Crippen LogP contribution in [0.2, 0.25) is 0 Å². The number of para-hydroxylation sites is 2. The second-order valence-corrected chi connectivity index (χ2v) is 9.35. The van der Waals surface area contributed by atoms with Gasteiger partial charge < -0.3 is 0 Å². The van der Waals surface area contributed by atoms with Crippen molar-refractivity contribution in [1.82, 2.24) is 15.0 Å². The zero-order valence-electron chi connectivity index (χ0n) is 20.2. The molecule has 0 bridgehead atoms. The van der Waals surface area contributed by atoms with Crippen LogP contribution in [-0.4, -0.2) is 27.4 Å². The number of carbonyl (C=O) groups is 1. The van der Waals surface area contributed by atoms with Gasteiger partial charge in [0.05, 0.1) is 28.6 Å². The summed E-state index contributed by atoms with van der Waals surface area (Å²) in [5.41, 5.74) is 7.80. The number of hydrazone groups is 1. The van der Waals surface area contributed by atoms with Crippen LogP contribution in [0.5, 0.6) is 0 Å². The van der Waals surface area contributed by atoms with Crippen molar-refractivity contribution in [3.05, 3.63) is 125 Å². The fourth-order valence-electron chi connectivity index (χ4n) is 3.97. The Kier molecular flexibility index (Phi) is 7.23. The van der Waals surface area contributed by atoms with Crippen LogP contribution in [0.3, 0.4) is 0 Å². The van der Waals surface area contributed by atoms with Crippen LogP contribution >= 0.6 is 11.8 Å². The van der Waals surface area contributed by atoms with Crippen LogP contribution in [0, 0.1) is 6.92 Å². The third-order valence-corrected chi connectivity index (χ3v) is 6.79. The largest absolute Gasteiger partial charge is 0.272 e. The number of fused-ring (bicyclic) bond motifs is 1. The third-order valence-electron chi connectivity index (χ3n) is 5.85. The lowest BCUT2D eigenvalue weighted by Gasteiger charge is -2.14. The van der Waals surface area contributed by atoms with Crippen LogP contribution < -0.4 is 11.0 Å². The van der Waals surface area contributed by atoms with Gasteiger partial charge in [0, 0.05) is 0 Å². The van der Waals surface area contributed by atoms with Gasteiger partial charge in [0.25, 0.3) is 11.5 Å². The first-order valence-electron chi connectivity index (χ1n) is 11.8. The Morgan fingerprint density at radius 1 is 0.892 bits per heavy atom. The summed E-state index contributed by atoms with van der Waals surface area (Å²) in [6, 6.07) is 32.9. The van der Waals surface area contributed by atoms with E-state index in [0.29, 0.717) is 16.1 Å². The maximum absolute atomic E-state index is 13.4. The normalized spacial score (nSPS) is 11.2. The first-order chi connectivity index (χ1) is 18.1. The molecule has 0 aliphatic heterocycles. The van der Waals surface area contributed by atoms with E-state index >= 15 is 0 Å². The smallest absolute Gasteiger partial charge is 0.266 e. The van der Waals surface area contributed by atoms with Crippen LogP contribution in [-0.2, 0) is 4.79 Å². The topological polar surface area (TPSA) is 76.3 Å². The minimum Gasteiger partial charge on any atom is -0.272 e. The number of benzene rings is 4. The predicted octanol–water partition coefficient (Wildman–Crippen LogP) is 5.60. The van der Waals surface area contributed by atoms with Gasteiger partial charge in [-0.25, -0.2) is 10.4 Å². The molecular formula is C30H24N4O2S. The second kappa shape index (κ2) is 11.1. The molecule has 0 fully saturated rings. The first-order valence-corrected chi connectivity index (χ1v) is 12.8. The molecule has 5 rings (SSSR count). The van der Waals surface area contributed by atoms with Crippen molar-refractivity contribution in [2.45, 2.75) is 12.1 Å². The second-order valence-electron chi connectivity index (χ2n) is 8.41. The van der Waals surface area contributed by atoms with Gasteiger partial charge in [-0.3, -0.25) is 14.2 Å². The van der Waals surface area contributed by atoms with Crippen molar-refractivity contribution in [2.75, 3.05) is 5.75 Å². The Bertz CT molecular complexity index is 1640. The molecule has 0 saturated heterocycles. The monoisotopic (exact) mass is 504 g/mol. The highest BCUT2D eigenvalue weighted by Crippen LogP contribution is 2.23. The van der Waals surface area contributed by atoms with Crippen molar-refractivity contribution >= 4 is 34.8 Å². The molecule has 5 aromatic rings. The summed E-state index contributed by atoms with van der Waals surface area (Å²) < 4.78 is 1.58. The number of nitrogens with one attached hydrogen (secondary N) is 1. The summed E-state index contributed by atoms with van der Waals surface area (Å²) in [6.07, 6.45) is 1.61. The van der Waals surface area contributed by atoms with Gasteiger partial charge in [0.15, 0.2) is 5.16 Å². The molecule has 0 spiro atoms. The highest BCUT2D eigenvalue weighted by Gasteiger charge is 2.15. The standard InChI is InChI=1S/C30H24N4O2S/c1-21-9-5-8-14-27(21)34-29(36)25-12-6-7-13-26(25)32-30(34)37-20-28(35)33-31-19-22-15-17-24(18-16-22)23-10-3-2-4-11-23/h2-19H,20H2,1H3,(H,33,35)/b31-19-. The minimum absolute atomic E-state index is 0.0565. The average molecular weight is 505 g/mol. The molecular weight excluding hydrogens is 480 g/mol. The molecule has 7 heteroatoms. The van der Waals surface area contributed by atoms with Crippen LogP contribution in [0.15, 0.2) is 118 Å². The molecule has 0 unspecified atom stereocenters. The highest BCUT2D eigenvalue weighted by atomic mass is 32.2. The Morgan fingerprint density at radius 2 is 1.57 bits per heavy atom. The van der Waals surface area contributed by atoms with E-state index in [4.69, 9.17) is 4.98 Å². The molecule has 0 saturated carbocycles. The number of hydrogen-bond donors (Lipinski definition) is 1. The van der Waals surface area contributed by atoms with Gasteiger partial charge in [0.2, 0.25) is 0 Å². The summed E-state index contributed by atoms with van der Waals surface area (Å²) in [5.74, 6) is -0.234. The molecule has 37 heavy (non-hydrogen) atoms. The molecule has 4 aromatic carbocycles. The number of thioether (sulfide) groups is 1. The third kappa shape index (κ3) is 5.52. The Balaban J connectivity index is 1.30.